The molecule has 178 valence electrons. The van der Waals surface area contributed by atoms with Crippen molar-refractivity contribution in [2.75, 3.05) is 42.3 Å². The highest BCUT2D eigenvalue weighted by Gasteiger charge is 2.27. The molecule has 1 N–H and O–H groups in total. The zero-order valence-corrected chi connectivity index (χ0v) is 20.5. The zero-order valence-electron chi connectivity index (χ0n) is 20.5. The number of aromatic nitrogens is 2. The molecule has 2 heterocycles. The van der Waals surface area contributed by atoms with Crippen LogP contribution in [0.25, 0.3) is 22.2 Å². The fourth-order valence-corrected chi connectivity index (χ4v) is 4.62. The number of amides is 1. The Balaban J connectivity index is 1.32. The summed E-state index contributed by atoms with van der Waals surface area (Å²) in [6, 6.07) is 24.5. The number of carbonyl (C=O) groups excluding carboxylic acids is 1. The predicted molar refractivity (Wildman–Crippen MR) is 144 cm³/mol. The molecule has 0 bridgehead atoms. The number of hydrogen-bond acceptors (Lipinski definition) is 5. The molecule has 5 rings (SSSR count). The third kappa shape index (κ3) is 4.97. The highest BCUT2D eigenvalue weighted by Crippen LogP contribution is 2.30. The Labute approximate surface area is 206 Å². The van der Waals surface area contributed by atoms with E-state index >= 15 is 0 Å². The second-order valence-electron chi connectivity index (χ2n) is 9.45. The molecule has 1 aliphatic rings. The number of nitrogens with zero attached hydrogens (tertiary/aromatic N) is 4. The molecule has 0 saturated carbocycles. The van der Waals surface area contributed by atoms with E-state index < -0.39 is 0 Å². The number of benzene rings is 3. The van der Waals surface area contributed by atoms with Crippen molar-refractivity contribution in [1.82, 2.24) is 9.97 Å². The molecule has 1 fully saturated rings. The lowest BCUT2D eigenvalue weighted by Crippen LogP contribution is -2.39. The average molecular weight is 466 g/mol. The van der Waals surface area contributed by atoms with Gasteiger partial charge in [0.1, 0.15) is 0 Å². The molecule has 0 atom stereocenters. The lowest BCUT2D eigenvalue weighted by atomic mass is 9.96. The largest absolute Gasteiger partial charge is 0.378 e. The third-order valence-electron chi connectivity index (χ3n) is 6.69. The molecule has 0 aliphatic carbocycles. The maximum atomic E-state index is 12.9. The van der Waals surface area contributed by atoms with Gasteiger partial charge in [-0.25, -0.2) is 9.97 Å². The summed E-state index contributed by atoms with van der Waals surface area (Å²) >= 11 is 0. The van der Waals surface area contributed by atoms with E-state index in [-0.39, 0.29) is 11.8 Å². The summed E-state index contributed by atoms with van der Waals surface area (Å²) < 4.78 is 0. The Hall–Kier alpha value is -3.93. The van der Waals surface area contributed by atoms with Crippen LogP contribution in [-0.4, -0.2) is 43.1 Å². The number of hydrogen-bond donors (Lipinski definition) is 1. The van der Waals surface area contributed by atoms with Crippen LogP contribution in [0.5, 0.6) is 0 Å². The van der Waals surface area contributed by atoms with Gasteiger partial charge in [-0.05, 0) is 56.2 Å². The SMILES string of the molecule is Cc1ccc2nc(N3CCC(C(=O)Nc4ccc(N(C)C)cc4)CC3)nc(-c3ccccc3)c2c1. The third-order valence-corrected chi connectivity index (χ3v) is 6.69. The van der Waals surface area contributed by atoms with Gasteiger partial charge in [0.2, 0.25) is 11.9 Å². The highest BCUT2D eigenvalue weighted by molar-refractivity contribution is 5.94. The summed E-state index contributed by atoms with van der Waals surface area (Å²) in [5, 5.41) is 4.15. The smallest absolute Gasteiger partial charge is 0.227 e. The maximum absolute atomic E-state index is 12.9. The van der Waals surface area contributed by atoms with Crippen LogP contribution in [-0.2, 0) is 4.79 Å². The number of rotatable bonds is 5. The van der Waals surface area contributed by atoms with Crippen LogP contribution in [0, 0.1) is 12.8 Å². The second-order valence-corrected chi connectivity index (χ2v) is 9.45. The van der Waals surface area contributed by atoms with Crippen molar-refractivity contribution in [3.8, 4) is 11.3 Å². The van der Waals surface area contributed by atoms with Gasteiger partial charge in [0.05, 0.1) is 11.2 Å². The minimum absolute atomic E-state index is 0.0172. The molecule has 1 saturated heterocycles. The van der Waals surface area contributed by atoms with Crippen molar-refractivity contribution in [3.05, 3.63) is 78.4 Å². The number of anilines is 3. The van der Waals surface area contributed by atoms with Crippen molar-refractivity contribution < 1.29 is 4.79 Å². The molecular weight excluding hydrogens is 434 g/mol. The van der Waals surface area contributed by atoms with Crippen LogP contribution in [0.1, 0.15) is 18.4 Å². The molecule has 0 spiro atoms. The molecule has 6 heteroatoms. The standard InChI is InChI=1S/C29H31N5O/c1-20-9-14-26-25(19-20)27(21-7-5-4-6-8-21)32-29(31-26)34-17-15-22(16-18-34)28(35)30-23-10-12-24(13-11-23)33(2)3/h4-14,19,22H,15-18H2,1-3H3,(H,30,35). The van der Waals surface area contributed by atoms with Gasteiger partial charge in [-0.3, -0.25) is 4.79 Å². The average Bonchev–Trinajstić information content (AvgIpc) is 2.89. The number of carbonyl (C=O) groups is 1. The van der Waals surface area contributed by atoms with Crippen LogP contribution >= 0.6 is 0 Å². The van der Waals surface area contributed by atoms with E-state index in [1.165, 1.54) is 5.56 Å². The number of piperidine rings is 1. The minimum atomic E-state index is -0.0172. The Bertz CT molecular complexity index is 1330. The minimum Gasteiger partial charge on any atom is -0.378 e. The summed E-state index contributed by atoms with van der Waals surface area (Å²) in [6.07, 6.45) is 1.55. The normalized spacial score (nSPS) is 14.2. The van der Waals surface area contributed by atoms with Gasteiger partial charge < -0.3 is 15.1 Å². The molecular formula is C29H31N5O. The molecule has 6 nitrogen and oxygen atoms in total. The summed E-state index contributed by atoms with van der Waals surface area (Å²) in [4.78, 5) is 27.1. The van der Waals surface area contributed by atoms with Crippen molar-refractivity contribution >= 4 is 34.1 Å². The molecule has 35 heavy (non-hydrogen) atoms. The maximum Gasteiger partial charge on any atom is 0.227 e. The van der Waals surface area contributed by atoms with Crippen molar-refractivity contribution in [1.29, 1.82) is 0 Å². The molecule has 1 amide bonds. The van der Waals surface area contributed by atoms with E-state index in [0.29, 0.717) is 0 Å². The molecule has 4 aromatic rings. The van der Waals surface area contributed by atoms with Crippen molar-refractivity contribution in [3.63, 3.8) is 0 Å². The molecule has 0 unspecified atom stereocenters. The van der Waals surface area contributed by atoms with E-state index in [9.17, 15) is 4.79 Å². The lowest BCUT2D eigenvalue weighted by Gasteiger charge is -2.31. The number of nitrogens with one attached hydrogen (secondary N) is 1. The van der Waals surface area contributed by atoms with E-state index in [4.69, 9.17) is 9.97 Å². The van der Waals surface area contributed by atoms with Crippen LogP contribution in [0.4, 0.5) is 17.3 Å². The first kappa shape index (κ1) is 22.8. The van der Waals surface area contributed by atoms with E-state index in [1.54, 1.807) is 0 Å². The van der Waals surface area contributed by atoms with Crippen LogP contribution in [0.2, 0.25) is 0 Å². The molecule has 0 radical (unpaired) electrons. The van der Waals surface area contributed by atoms with Gasteiger partial charge in [0.15, 0.2) is 0 Å². The fraction of sp³-hybridized carbons (Fsp3) is 0.276. The molecule has 1 aliphatic heterocycles. The lowest BCUT2D eigenvalue weighted by molar-refractivity contribution is -0.120. The summed E-state index contributed by atoms with van der Waals surface area (Å²) in [7, 11) is 4.01. The fourth-order valence-electron chi connectivity index (χ4n) is 4.62. The van der Waals surface area contributed by atoms with Gasteiger partial charge in [-0.2, -0.15) is 0 Å². The van der Waals surface area contributed by atoms with Gasteiger partial charge in [-0.1, -0.05) is 42.0 Å². The second kappa shape index (κ2) is 9.74. The number of fused-ring (bicyclic) bond motifs is 1. The Morgan fingerprint density at radius 3 is 2.34 bits per heavy atom. The summed E-state index contributed by atoms with van der Waals surface area (Å²) in [6.45, 7) is 3.60. The Morgan fingerprint density at radius 1 is 0.943 bits per heavy atom. The van der Waals surface area contributed by atoms with Gasteiger partial charge in [-0.15, -0.1) is 0 Å². The van der Waals surface area contributed by atoms with Crippen LogP contribution in [0.3, 0.4) is 0 Å². The van der Waals surface area contributed by atoms with Crippen LogP contribution < -0.4 is 15.1 Å². The quantitative estimate of drug-likeness (QED) is 0.420. The predicted octanol–water partition coefficient (Wildman–Crippen LogP) is 5.53. The Morgan fingerprint density at radius 2 is 1.66 bits per heavy atom. The van der Waals surface area contributed by atoms with Gasteiger partial charge >= 0.3 is 0 Å². The highest BCUT2D eigenvalue weighted by atomic mass is 16.1. The topological polar surface area (TPSA) is 61.4 Å². The van der Waals surface area contributed by atoms with Crippen molar-refractivity contribution in [2.24, 2.45) is 5.92 Å². The van der Waals surface area contributed by atoms with Crippen LogP contribution in [0.15, 0.2) is 72.8 Å². The Kier molecular flexibility index (Phi) is 6.36. The summed E-state index contributed by atoms with van der Waals surface area (Å²) in [5.41, 5.74) is 6.12. The first-order valence-corrected chi connectivity index (χ1v) is 12.1. The molecule has 3 aromatic carbocycles. The van der Waals surface area contributed by atoms with Gasteiger partial charge in [0.25, 0.3) is 0 Å². The van der Waals surface area contributed by atoms with E-state index in [2.05, 4.69) is 47.5 Å². The first-order valence-electron chi connectivity index (χ1n) is 12.1. The first-order chi connectivity index (χ1) is 17.0. The van der Waals surface area contributed by atoms with Crippen molar-refractivity contribution in [2.45, 2.75) is 19.8 Å². The molecule has 1 aromatic heterocycles. The monoisotopic (exact) mass is 465 g/mol. The summed E-state index contributed by atoms with van der Waals surface area (Å²) in [5.74, 6) is 0.803. The zero-order chi connectivity index (χ0) is 24.4. The van der Waals surface area contributed by atoms with E-state index in [1.807, 2.05) is 61.5 Å². The van der Waals surface area contributed by atoms with E-state index in [0.717, 1.165) is 65.4 Å². The van der Waals surface area contributed by atoms with Gasteiger partial charge in [0, 0.05) is 55.4 Å². The number of aryl methyl sites for hydroxylation is 1.